The van der Waals surface area contributed by atoms with Gasteiger partial charge in [0.15, 0.2) is 0 Å². The normalized spacial score (nSPS) is 14.0. The number of aryl methyl sites for hydroxylation is 2. The Hall–Kier alpha value is -3.56. The molecule has 0 spiro atoms. The summed E-state index contributed by atoms with van der Waals surface area (Å²) < 4.78 is 29.6. The lowest BCUT2D eigenvalue weighted by Crippen LogP contribution is -2.54. The zero-order valence-electron chi connectivity index (χ0n) is 26.8. The molecule has 1 fully saturated rings. The number of benzene rings is 4. The van der Waals surface area contributed by atoms with Gasteiger partial charge in [0.25, 0.3) is 10.0 Å². The number of carbonyl (C=O) groups excluding carboxylic acids is 2. The van der Waals surface area contributed by atoms with Crippen LogP contribution >= 0.6 is 34.8 Å². The number of hydrogen-bond donors (Lipinski definition) is 1. The van der Waals surface area contributed by atoms with Gasteiger partial charge in [0.2, 0.25) is 11.8 Å². The smallest absolute Gasteiger partial charge is 0.264 e. The fourth-order valence-electron chi connectivity index (χ4n) is 5.92. The number of nitrogens with zero attached hydrogens (tertiary/aromatic N) is 2. The minimum absolute atomic E-state index is 0.00561. The Kier molecular flexibility index (Phi) is 11.7. The standard InChI is InChI=1S/C37H38Cl3N3O4S/c1-25-15-18-30(21-26(25)2)43(48(46,47)31-19-16-28(38)17-20-31)24-36(44)42(23-32-33(39)13-8-14-34(32)40)35(22-27-9-4-3-5-10-27)37(45)41-29-11-6-7-12-29/h3-5,8-10,13-21,29,35H,6-7,11-12,22-24H2,1-2H3,(H,41,45)/t35-/m0/s1. The molecule has 1 atom stereocenters. The molecule has 5 rings (SSSR count). The molecule has 0 radical (unpaired) electrons. The lowest BCUT2D eigenvalue weighted by atomic mass is 10.0. The van der Waals surface area contributed by atoms with E-state index >= 15 is 0 Å². The molecule has 1 aliphatic rings. The molecule has 1 aliphatic carbocycles. The van der Waals surface area contributed by atoms with E-state index in [1.54, 1.807) is 30.3 Å². The van der Waals surface area contributed by atoms with E-state index in [0.29, 0.717) is 26.3 Å². The molecule has 0 heterocycles. The molecule has 252 valence electrons. The van der Waals surface area contributed by atoms with Gasteiger partial charge in [-0.1, -0.05) is 90.1 Å². The van der Waals surface area contributed by atoms with Crippen LogP contribution in [-0.2, 0) is 32.6 Å². The summed E-state index contributed by atoms with van der Waals surface area (Å²) in [6.45, 7) is 3.10. The molecule has 1 N–H and O–H groups in total. The minimum atomic E-state index is -4.27. The number of hydrogen-bond acceptors (Lipinski definition) is 4. The number of nitrogens with one attached hydrogen (secondary N) is 1. The number of carbonyl (C=O) groups is 2. The summed E-state index contributed by atoms with van der Waals surface area (Å²) in [7, 11) is -4.27. The number of anilines is 1. The van der Waals surface area contributed by atoms with Gasteiger partial charge in [-0.05, 0) is 91.9 Å². The van der Waals surface area contributed by atoms with Crippen LogP contribution in [0.3, 0.4) is 0 Å². The Labute approximate surface area is 297 Å². The van der Waals surface area contributed by atoms with Crippen LogP contribution < -0.4 is 9.62 Å². The zero-order valence-corrected chi connectivity index (χ0v) is 29.9. The summed E-state index contributed by atoms with van der Waals surface area (Å²) in [6.07, 6.45) is 3.93. The molecule has 2 amide bonds. The van der Waals surface area contributed by atoms with Gasteiger partial charge in [-0.25, -0.2) is 8.42 Å². The van der Waals surface area contributed by atoms with Crippen LogP contribution in [0.15, 0.2) is 95.9 Å². The van der Waals surface area contributed by atoms with E-state index < -0.39 is 28.5 Å². The number of amides is 2. The predicted molar refractivity (Wildman–Crippen MR) is 193 cm³/mol. The van der Waals surface area contributed by atoms with E-state index in [9.17, 15) is 18.0 Å². The van der Waals surface area contributed by atoms with Crippen molar-refractivity contribution in [2.45, 2.75) is 69.5 Å². The topological polar surface area (TPSA) is 86.8 Å². The fourth-order valence-corrected chi connectivity index (χ4v) is 7.97. The largest absolute Gasteiger partial charge is 0.352 e. The van der Waals surface area contributed by atoms with Crippen molar-refractivity contribution >= 4 is 62.3 Å². The molecule has 4 aromatic carbocycles. The van der Waals surface area contributed by atoms with E-state index in [4.69, 9.17) is 34.8 Å². The van der Waals surface area contributed by atoms with E-state index in [-0.39, 0.29) is 29.8 Å². The minimum Gasteiger partial charge on any atom is -0.352 e. The molecule has 0 aromatic heterocycles. The number of halogens is 3. The quantitative estimate of drug-likeness (QED) is 0.160. The van der Waals surface area contributed by atoms with Crippen molar-refractivity contribution in [3.05, 3.63) is 128 Å². The van der Waals surface area contributed by atoms with Crippen LogP contribution in [0.1, 0.15) is 47.9 Å². The summed E-state index contributed by atoms with van der Waals surface area (Å²) >= 11 is 19.3. The first-order valence-corrected chi connectivity index (χ1v) is 18.4. The third-order valence-electron chi connectivity index (χ3n) is 8.82. The number of sulfonamides is 1. The van der Waals surface area contributed by atoms with E-state index in [1.807, 2.05) is 50.2 Å². The molecular formula is C37H38Cl3N3O4S. The Bertz CT molecular complexity index is 1840. The Morgan fingerprint density at radius 2 is 1.48 bits per heavy atom. The van der Waals surface area contributed by atoms with Gasteiger partial charge >= 0.3 is 0 Å². The van der Waals surface area contributed by atoms with Crippen molar-refractivity contribution in [1.82, 2.24) is 10.2 Å². The maximum Gasteiger partial charge on any atom is 0.264 e. The highest BCUT2D eigenvalue weighted by Gasteiger charge is 2.36. The van der Waals surface area contributed by atoms with Gasteiger partial charge in [0.1, 0.15) is 12.6 Å². The van der Waals surface area contributed by atoms with Crippen molar-refractivity contribution in [2.24, 2.45) is 0 Å². The second-order valence-corrected chi connectivity index (χ2v) is 15.3. The van der Waals surface area contributed by atoms with Crippen LogP contribution in [0, 0.1) is 13.8 Å². The second kappa shape index (κ2) is 15.8. The van der Waals surface area contributed by atoms with Crippen LogP contribution in [0.25, 0.3) is 0 Å². The first kappa shape index (κ1) is 35.7. The van der Waals surface area contributed by atoms with Gasteiger partial charge in [-0.3, -0.25) is 13.9 Å². The van der Waals surface area contributed by atoms with Gasteiger partial charge in [0.05, 0.1) is 10.6 Å². The third-order valence-corrected chi connectivity index (χ3v) is 11.6. The van der Waals surface area contributed by atoms with E-state index in [0.717, 1.165) is 46.7 Å². The van der Waals surface area contributed by atoms with E-state index in [2.05, 4.69) is 5.32 Å². The molecule has 7 nitrogen and oxygen atoms in total. The summed E-state index contributed by atoms with van der Waals surface area (Å²) in [5, 5.41) is 4.20. The van der Waals surface area contributed by atoms with Crippen molar-refractivity contribution in [2.75, 3.05) is 10.8 Å². The highest BCUT2D eigenvalue weighted by molar-refractivity contribution is 7.92. The third kappa shape index (κ3) is 8.53. The van der Waals surface area contributed by atoms with Crippen molar-refractivity contribution in [3.8, 4) is 0 Å². The second-order valence-electron chi connectivity index (χ2n) is 12.2. The molecule has 0 bridgehead atoms. The SMILES string of the molecule is Cc1ccc(N(CC(=O)N(Cc2c(Cl)cccc2Cl)[C@@H](Cc2ccccc2)C(=O)NC2CCCC2)S(=O)(=O)c2ccc(Cl)cc2)cc1C. The molecule has 1 saturated carbocycles. The first-order valence-electron chi connectivity index (χ1n) is 15.9. The average molecular weight is 727 g/mol. The van der Waals surface area contributed by atoms with Crippen LogP contribution in [0.4, 0.5) is 5.69 Å². The van der Waals surface area contributed by atoms with Gasteiger partial charge in [-0.15, -0.1) is 0 Å². The molecule has 0 unspecified atom stereocenters. The van der Waals surface area contributed by atoms with Crippen molar-refractivity contribution in [1.29, 1.82) is 0 Å². The van der Waals surface area contributed by atoms with E-state index in [1.165, 1.54) is 29.2 Å². The lowest BCUT2D eigenvalue weighted by molar-refractivity contribution is -0.140. The summed E-state index contributed by atoms with van der Waals surface area (Å²) in [4.78, 5) is 30.3. The molecule has 0 saturated heterocycles. The molecule has 4 aromatic rings. The monoisotopic (exact) mass is 725 g/mol. The summed E-state index contributed by atoms with van der Waals surface area (Å²) in [5.74, 6) is -0.912. The van der Waals surface area contributed by atoms with Crippen LogP contribution in [0.2, 0.25) is 15.1 Å². The molecule has 48 heavy (non-hydrogen) atoms. The van der Waals surface area contributed by atoms with Gasteiger partial charge < -0.3 is 10.2 Å². The average Bonchev–Trinajstić information content (AvgIpc) is 3.57. The highest BCUT2D eigenvalue weighted by atomic mass is 35.5. The van der Waals surface area contributed by atoms with Crippen LogP contribution in [-0.4, -0.2) is 43.8 Å². The molecule has 11 heteroatoms. The Balaban J connectivity index is 1.61. The fraction of sp³-hybridized carbons (Fsp3) is 0.297. The maximum atomic E-state index is 14.7. The first-order chi connectivity index (χ1) is 22.9. The summed E-state index contributed by atoms with van der Waals surface area (Å²) in [6, 6.07) is 24.5. The zero-order chi connectivity index (χ0) is 34.4. The predicted octanol–water partition coefficient (Wildman–Crippen LogP) is 8.16. The highest BCUT2D eigenvalue weighted by Crippen LogP contribution is 2.30. The van der Waals surface area contributed by atoms with Gasteiger partial charge in [0, 0.05) is 39.6 Å². The Morgan fingerprint density at radius 3 is 2.10 bits per heavy atom. The van der Waals surface area contributed by atoms with Crippen molar-refractivity contribution < 1.29 is 18.0 Å². The van der Waals surface area contributed by atoms with Gasteiger partial charge in [-0.2, -0.15) is 0 Å². The molecular weight excluding hydrogens is 689 g/mol. The molecule has 0 aliphatic heterocycles. The van der Waals surface area contributed by atoms with Crippen LogP contribution in [0.5, 0.6) is 0 Å². The lowest BCUT2D eigenvalue weighted by Gasteiger charge is -2.34. The Morgan fingerprint density at radius 1 is 0.833 bits per heavy atom. The summed E-state index contributed by atoms with van der Waals surface area (Å²) in [5.41, 5.74) is 3.43. The maximum absolute atomic E-state index is 14.7. The number of rotatable bonds is 12. The van der Waals surface area contributed by atoms with Crippen molar-refractivity contribution in [3.63, 3.8) is 0 Å².